The zero-order valence-corrected chi connectivity index (χ0v) is 26.2. The van der Waals surface area contributed by atoms with E-state index >= 15 is 0 Å². The van der Waals surface area contributed by atoms with Crippen molar-refractivity contribution in [2.45, 2.75) is 77.4 Å². The Balaban J connectivity index is 1.68. The largest absolute Gasteiger partial charge is 0.472 e. The van der Waals surface area contributed by atoms with Crippen molar-refractivity contribution in [3.05, 3.63) is 65.2 Å². The number of sulfonamides is 1. The molecule has 9 nitrogen and oxygen atoms in total. The van der Waals surface area contributed by atoms with Crippen LogP contribution in [0.4, 0.5) is 10.7 Å². The molecule has 42 heavy (non-hydrogen) atoms. The molecule has 3 aromatic rings. The number of amides is 1. The van der Waals surface area contributed by atoms with Gasteiger partial charge in [-0.2, -0.15) is 4.98 Å². The fourth-order valence-corrected chi connectivity index (χ4v) is 6.99. The minimum Gasteiger partial charge on any atom is -0.472 e. The normalized spacial score (nSPS) is 21.7. The van der Waals surface area contributed by atoms with Crippen molar-refractivity contribution in [1.82, 2.24) is 14.9 Å². The van der Waals surface area contributed by atoms with Crippen LogP contribution in [0.2, 0.25) is 0 Å². The summed E-state index contributed by atoms with van der Waals surface area (Å²) in [5.74, 6) is 0.319. The second kappa shape index (κ2) is 11.2. The number of benzene rings is 2. The first kappa shape index (κ1) is 29.8. The molecule has 2 aromatic carbocycles. The van der Waals surface area contributed by atoms with Crippen molar-refractivity contribution >= 4 is 22.1 Å². The molecule has 0 aliphatic carbocycles. The summed E-state index contributed by atoms with van der Waals surface area (Å²) in [6.07, 6.45) is -0.263. The Bertz CT molecular complexity index is 1580. The molecular formula is C32H40N4O5S. The molecule has 6 bridgehead atoms. The lowest BCUT2D eigenvalue weighted by atomic mass is 9.77. The van der Waals surface area contributed by atoms with E-state index in [4.69, 9.17) is 9.47 Å². The predicted molar refractivity (Wildman–Crippen MR) is 162 cm³/mol. The highest BCUT2D eigenvalue weighted by Crippen LogP contribution is 2.40. The maximum atomic E-state index is 13.6. The van der Waals surface area contributed by atoms with E-state index in [0.717, 1.165) is 22.3 Å². The average Bonchev–Trinajstić information content (AvgIpc) is 3.07. The lowest BCUT2D eigenvalue weighted by Crippen LogP contribution is -2.43. The van der Waals surface area contributed by atoms with Gasteiger partial charge in [0.25, 0.3) is 10.0 Å². The molecule has 10 heteroatoms. The fourth-order valence-electron chi connectivity index (χ4n) is 5.99. The van der Waals surface area contributed by atoms with Crippen molar-refractivity contribution in [2.75, 3.05) is 17.8 Å². The molecule has 0 saturated carbocycles. The smallest absolute Gasteiger partial charge is 0.410 e. The van der Waals surface area contributed by atoms with Gasteiger partial charge in [0, 0.05) is 18.2 Å². The fraction of sp³-hybridized carbons (Fsp3) is 0.469. The second-order valence-corrected chi connectivity index (χ2v) is 14.4. The standard InChI is InChI=1S/C32H40N4O5S/c1-19(2)26-18-36(31(37)41-32(5,6)7)17-23-15-25(26)22-12-9-13-24(14-22)42(38,39)35-30-33-27(16-28(34-30)40-23)29-20(3)10-8-11-21(29)4/h8-14,16,19,23,25-26H,15,17-18H2,1-7H3,(H,33,34,35)/t23-,25?,26+/m0/s1. The summed E-state index contributed by atoms with van der Waals surface area (Å²) >= 11 is 0. The van der Waals surface area contributed by atoms with Crippen molar-refractivity contribution in [3.8, 4) is 17.1 Å². The number of aromatic nitrogens is 2. The van der Waals surface area contributed by atoms with Gasteiger partial charge in [-0.15, -0.1) is 0 Å². The average molecular weight is 593 g/mol. The van der Waals surface area contributed by atoms with Crippen molar-refractivity contribution in [2.24, 2.45) is 11.8 Å². The van der Waals surface area contributed by atoms with Crippen LogP contribution in [0.5, 0.6) is 5.88 Å². The van der Waals surface area contributed by atoms with Crippen LogP contribution in [0.1, 0.15) is 63.6 Å². The van der Waals surface area contributed by atoms with Crippen LogP contribution in [0.3, 0.4) is 0 Å². The molecule has 1 fully saturated rings. The molecule has 1 aromatic heterocycles. The summed E-state index contributed by atoms with van der Waals surface area (Å²) in [5.41, 5.74) is 3.65. The third kappa shape index (κ3) is 6.38. The molecule has 1 N–H and O–H groups in total. The molecule has 1 amide bonds. The van der Waals surface area contributed by atoms with E-state index in [1.807, 2.05) is 58.9 Å². The van der Waals surface area contributed by atoms with Gasteiger partial charge in [0.05, 0.1) is 17.1 Å². The molecule has 224 valence electrons. The monoisotopic (exact) mass is 592 g/mol. The Hall–Kier alpha value is -3.66. The molecule has 5 rings (SSSR count). The number of hydrogen-bond donors (Lipinski definition) is 1. The van der Waals surface area contributed by atoms with Crippen LogP contribution in [0, 0.1) is 25.7 Å². The highest BCUT2D eigenvalue weighted by molar-refractivity contribution is 7.92. The molecule has 1 saturated heterocycles. The van der Waals surface area contributed by atoms with Gasteiger partial charge in [-0.3, -0.25) is 0 Å². The van der Waals surface area contributed by atoms with Crippen LogP contribution >= 0.6 is 0 Å². The van der Waals surface area contributed by atoms with E-state index in [9.17, 15) is 13.2 Å². The number of likely N-dealkylation sites (tertiary alicyclic amines) is 1. The van der Waals surface area contributed by atoms with Gasteiger partial charge < -0.3 is 14.4 Å². The molecule has 2 aliphatic rings. The Morgan fingerprint density at radius 3 is 2.40 bits per heavy atom. The van der Waals surface area contributed by atoms with E-state index in [1.165, 1.54) is 0 Å². The SMILES string of the molecule is Cc1cccc(C)c1-c1cc2nc(n1)NS(=O)(=O)c1cccc(c1)C1C[C@@H](CN(C(=O)OC(C)(C)C)C[C@@H]1C(C)C)O2. The number of carbonyl (C=O) groups excluding carboxylic acids is 1. The number of fused-ring (bicyclic) bond motifs is 7. The summed E-state index contributed by atoms with van der Waals surface area (Å²) < 4.78 is 42.1. The maximum Gasteiger partial charge on any atom is 0.410 e. The van der Waals surface area contributed by atoms with E-state index in [1.54, 1.807) is 29.2 Å². The van der Waals surface area contributed by atoms with Gasteiger partial charge in [0.2, 0.25) is 11.8 Å². The van der Waals surface area contributed by atoms with Crippen LogP contribution < -0.4 is 9.46 Å². The first-order valence-electron chi connectivity index (χ1n) is 14.4. The number of nitrogens with one attached hydrogen (secondary N) is 1. The number of carbonyl (C=O) groups is 1. The third-order valence-electron chi connectivity index (χ3n) is 7.95. The Kier molecular flexibility index (Phi) is 7.96. The lowest BCUT2D eigenvalue weighted by Gasteiger charge is -2.32. The van der Waals surface area contributed by atoms with Gasteiger partial charge in [-0.25, -0.2) is 22.9 Å². The first-order chi connectivity index (χ1) is 19.7. The second-order valence-electron chi connectivity index (χ2n) is 12.7. The van der Waals surface area contributed by atoms with Crippen LogP contribution in [-0.2, 0) is 14.8 Å². The van der Waals surface area contributed by atoms with Crippen molar-refractivity contribution in [1.29, 1.82) is 0 Å². The highest BCUT2D eigenvalue weighted by Gasteiger charge is 2.39. The summed E-state index contributed by atoms with van der Waals surface area (Å²) in [6.45, 7) is 14.5. The summed E-state index contributed by atoms with van der Waals surface area (Å²) in [7, 11) is -4.00. The summed E-state index contributed by atoms with van der Waals surface area (Å²) in [5, 5.41) is 0. The number of ether oxygens (including phenoxy) is 2. The highest BCUT2D eigenvalue weighted by atomic mass is 32.2. The molecule has 1 unspecified atom stereocenters. The Morgan fingerprint density at radius 1 is 1.05 bits per heavy atom. The van der Waals surface area contributed by atoms with E-state index < -0.39 is 27.8 Å². The van der Waals surface area contributed by atoms with Gasteiger partial charge in [0.1, 0.15) is 11.7 Å². The van der Waals surface area contributed by atoms with Crippen LogP contribution in [0.15, 0.2) is 53.4 Å². The zero-order chi connectivity index (χ0) is 30.4. The van der Waals surface area contributed by atoms with Crippen molar-refractivity contribution < 1.29 is 22.7 Å². The van der Waals surface area contributed by atoms with Gasteiger partial charge in [-0.05, 0) is 87.6 Å². The van der Waals surface area contributed by atoms with Crippen LogP contribution in [0.25, 0.3) is 11.3 Å². The lowest BCUT2D eigenvalue weighted by molar-refractivity contribution is 0.0161. The molecule has 0 radical (unpaired) electrons. The minimum atomic E-state index is -4.00. The topological polar surface area (TPSA) is 111 Å². The first-order valence-corrected chi connectivity index (χ1v) is 15.9. The number of rotatable bonds is 2. The van der Waals surface area contributed by atoms with Crippen molar-refractivity contribution in [3.63, 3.8) is 0 Å². The number of hydrogen-bond acceptors (Lipinski definition) is 7. The molecule has 0 spiro atoms. The van der Waals surface area contributed by atoms with Gasteiger partial charge in [-0.1, -0.05) is 44.2 Å². The van der Waals surface area contributed by atoms with E-state index in [-0.39, 0.29) is 34.5 Å². The predicted octanol–water partition coefficient (Wildman–Crippen LogP) is 6.32. The van der Waals surface area contributed by atoms with E-state index in [0.29, 0.717) is 25.2 Å². The summed E-state index contributed by atoms with van der Waals surface area (Å²) in [4.78, 5) is 24.4. The molecule has 3 atom stereocenters. The molecular weight excluding hydrogens is 552 g/mol. The van der Waals surface area contributed by atoms with Gasteiger partial charge >= 0.3 is 6.09 Å². The number of nitrogens with zero attached hydrogens (tertiary/aromatic N) is 3. The van der Waals surface area contributed by atoms with Gasteiger partial charge in [0.15, 0.2) is 0 Å². The van der Waals surface area contributed by atoms with Crippen LogP contribution in [-0.4, -0.2) is 54.2 Å². The maximum absolute atomic E-state index is 13.6. The zero-order valence-electron chi connectivity index (χ0n) is 25.3. The number of anilines is 1. The molecule has 3 heterocycles. The Morgan fingerprint density at radius 2 is 1.74 bits per heavy atom. The van der Waals surface area contributed by atoms with E-state index in [2.05, 4.69) is 28.5 Å². The minimum absolute atomic E-state index is 0.0334. The third-order valence-corrected chi connectivity index (χ3v) is 9.27. The Labute approximate surface area is 248 Å². The quantitative estimate of drug-likeness (QED) is 0.371. The number of aryl methyl sites for hydroxylation is 2. The summed E-state index contributed by atoms with van der Waals surface area (Å²) in [6, 6.07) is 14.7. The molecule has 2 aliphatic heterocycles.